The van der Waals surface area contributed by atoms with Gasteiger partial charge in [-0.25, -0.2) is 14.8 Å². The van der Waals surface area contributed by atoms with E-state index in [-0.39, 0.29) is 12.1 Å². The average molecular weight is 427 g/mol. The molecule has 0 aliphatic carbocycles. The highest BCUT2D eigenvalue weighted by atomic mass is 32.2. The fourth-order valence-corrected chi connectivity index (χ4v) is 3.59. The normalized spacial score (nSPS) is 16.1. The summed E-state index contributed by atoms with van der Waals surface area (Å²) in [6.07, 6.45) is 0. The Morgan fingerprint density at radius 1 is 1.37 bits per heavy atom. The van der Waals surface area contributed by atoms with Gasteiger partial charge in [0.25, 0.3) is 0 Å². The van der Waals surface area contributed by atoms with Gasteiger partial charge in [0.1, 0.15) is 5.82 Å². The second kappa shape index (κ2) is 10.3. The number of amides is 2. The van der Waals surface area contributed by atoms with Crippen LogP contribution in [0.1, 0.15) is 12.6 Å². The number of hydrogen-bond donors (Lipinski definition) is 1. The van der Waals surface area contributed by atoms with E-state index in [9.17, 15) is 4.79 Å². The van der Waals surface area contributed by atoms with E-state index in [4.69, 9.17) is 20.0 Å². The number of nitrogens with zero attached hydrogens (tertiary/aromatic N) is 5. The minimum Gasteiger partial charge on any atom is -0.377 e. The van der Waals surface area contributed by atoms with Crippen LogP contribution in [0.25, 0.3) is 11.4 Å². The number of morpholine rings is 1. The highest BCUT2D eigenvalue weighted by Crippen LogP contribution is 2.25. The van der Waals surface area contributed by atoms with Gasteiger partial charge in [-0.1, -0.05) is 0 Å². The SMILES string of the molecule is C[C@H]1COCCN1c1cc(CSCC#N)nc(-c2ccc(NC(=O)N(C)C)cc2)n1. The van der Waals surface area contributed by atoms with Crippen molar-refractivity contribution in [3.05, 3.63) is 36.0 Å². The second-order valence-corrected chi connectivity index (χ2v) is 8.20. The summed E-state index contributed by atoms with van der Waals surface area (Å²) in [4.78, 5) is 25.1. The van der Waals surface area contributed by atoms with E-state index in [1.54, 1.807) is 14.1 Å². The Balaban J connectivity index is 1.88. The molecular weight excluding hydrogens is 400 g/mol. The van der Waals surface area contributed by atoms with Gasteiger partial charge in [0.05, 0.1) is 36.8 Å². The maximum absolute atomic E-state index is 11.8. The van der Waals surface area contributed by atoms with Crippen LogP contribution in [0.4, 0.5) is 16.3 Å². The van der Waals surface area contributed by atoms with Gasteiger partial charge in [-0.2, -0.15) is 5.26 Å². The lowest BCUT2D eigenvalue weighted by Gasteiger charge is -2.34. The summed E-state index contributed by atoms with van der Waals surface area (Å²) < 4.78 is 5.56. The van der Waals surface area contributed by atoms with Crippen LogP contribution in [0.2, 0.25) is 0 Å². The lowest BCUT2D eigenvalue weighted by Crippen LogP contribution is -2.44. The minimum absolute atomic E-state index is 0.181. The lowest BCUT2D eigenvalue weighted by molar-refractivity contribution is 0.0985. The number of urea groups is 1. The van der Waals surface area contributed by atoms with E-state index >= 15 is 0 Å². The molecule has 0 bridgehead atoms. The van der Waals surface area contributed by atoms with Crippen molar-refractivity contribution >= 4 is 29.3 Å². The van der Waals surface area contributed by atoms with E-state index < -0.39 is 0 Å². The van der Waals surface area contributed by atoms with Gasteiger partial charge in [-0.3, -0.25) is 0 Å². The van der Waals surface area contributed by atoms with Crippen molar-refractivity contribution in [1.29, 1.82) is 5.26 Å². The summed E-state index contributed by atoms with van der Waals surface area (Å²) in [6.45, 7) is 4.23. The molecule has 1 aliphatic rings. The number of anilines is 2. The van der Waals surface area contributed by atoms with Crippen LogP contribution in [-0.2, 0) is 10.5 Å². The summed E-state index contributed by atoms with van der Waals surface area (Å²) in [5.74, 6) is 2.56. The van der Waals surface area contributed by atoms with Crippen LogP contribution in [0, 0.1) is 11.3 Å². The zero-order valence-corrected chi connectivity index (χ0v) is 18.3. The number of benzene rings is 1. The monoisotopic (exact) mass is 426 g/mol. The van der Waals surface area contributed by atoms with Crippen molar-refractivity contribution in [2.75, 3.05) is 49.8 Å². The molecular formula is C21H26N6O2S. The van der Waals surface area contributed by atoms with Gasteiger partial charge in [0.2, 0.25) is 0 Å². The average Bonchev–Trinajstić information content (AvgIpc) is 2.74. The summed E-state index contributed by atoms with van der Waals surface area (Å²) >= 11 is 1.53. The molecule has 1 saturated heterocycles. The molecule has 2 amide bonds. The highest BCUT2D eigenvalue weighted by Gasteiger charge is 2.22. The van der Waals surface area contributed by atoms with Crippen molar-refractivity contribution in [1.82, 2.24) is 14.9 Å². The van der Waals surface area contributed by atoms with E-state index in [0.717, 1.165) is 23.6 Å². The first kappa shape index (κ1) is 21.9. The van der Waals surface area contributed by atoms with Crippen LogP contribution in [0.5, 0.6) is 0 Å². The molecule has 3 rings (SSSR count). The Hall–Kier alpha value is -2.83. The van der Waals surface area contributed by atoms with Gasteiger partial charge >= 0.3 is 6.03 Å². The number of carbonyl (C=O) groups excluding carboxylic acids is 1. The summed E-state index contributed by atoms with van der Waals surface area (Å²) in [5.41, 5.74) is 2.46. The number of carbonyl (C=O) groups is 1. The number of nitriles is 1. The quantitative estimate of drug-likeness (QED) is 0.709. The summed E-state index contributed by atoms with van der Waals surface area (Å²) in [6, 6.07) is 11.7. The predicted molar refractivity (Wildman–Crippen MR) is 120 cm³/mol. The molecule has 1 fully saturated rings. The van der Waals surface area contributed by atoms with Gasteiger partial charge in [0.15, 0.2) is 5.82 Å². The molecule has 30 heavy (non-hydrogen) atoms. The molecule has 0 unspecified atom stereocenters. The summed E-state index contributed by atoms with van der Waals surface area (Å²) in [5, 5.41) is 11.7. The van der Waals surface area contributed by atoms with E-state index in [1.807, 2.05) is 30.3 Å². The van der Waals surface area contributed by atoms with Crippen LogP contribution in [0.15, 0.2) is 30.3 Å². The van der Waals surface area contributed by atoms with E-state index in [2.05, 4.69) is 23.2 Å². The molecule has 1 N–H and O–H groups in total. The fourth-order valence-electron chi connectivity index (χ4n) is 3.04. The van der Waals surface area contributed by atoms with Crippen molar-refractivity contribution in [2.24, 2.45) is 0 Å². The fraction of sp³-hybridized carbons (Fsp3) is 0.429. The Labute approximate surface area is 181 Å². The largest absolute Gasteiger partial charge is 0.377 e. The first-order chi connectivity index (χ1) is 14.5. The smallest absolute Gasteiger partial charge is 0.321 e. The Kier molecular flexibility index (Phi) is 7.49. The van der Waals surface area contributed by atoms with Crippen molar-refractivity contribution in [2.45, 2.75) is 18.7 Å². The maximum atomic E-state index is 11.8. The Bertz CT molecular complexity index is 913. The molecule has 2 heterocycles. The van der Waals surface area contributed by atoms with Crippen molar-refractivity contribution in [3.63, 3.8) is 0 Å². The number of thioether (sulfide) groups is 1. The van der Waals surface area contributed by atoms with Crippen LogP contribution < -0.4 is 10.2 Å². The zero-order valence-electron chi connectivity index (χ0n) is 17.5. The predicted octanol–water partition coefficient (Wildman–Crippen LogP) is 3.22. The molecule has 1 atom stereocenters. The molecule has 158 valence electrons. The second-order valence-electron chi connectivity index (χ2n) is 7.21. The van der Waals surface area contributed by atoms with E-state index in [0.29, 0.717) is 36.2 Å². The first-order valence-corrected chi connectivity index (χ1v) is 10.9. The molecule has 1 aromatic heterocycles. The molecule has 0 saturated carbocycles. The van der Waals surface area contributed by atoms with E-state index in [1.165, 1.54) is 16.7 Å². The molecule has 1 aliphatic heterocycles. The third kappa shape index (κ3) is 5.62. The van der Waals surface area contributed by atoms with Gasteiger partial charge in [0, 0.05) is 43.7 Å². The molecule has 8 nitrogen and oxygen atoms in total. The lowest BCUT2D eigenvalue weighted by atomic mass is 10.2. The standard InChI is InChI=1S/C21H26N6O2S/c1-15-13-29-10-9-27(15)19-12-18(14-30-11-8-22)23-20(25-19)16-4-6-17(7-5-16)24-21(28)26(2)3/h4-7,12,15H,9-11,13-14H2,1-3H3,(H,24,28)/t15-/m0/s1. The van der Waals surface area contributed by atoms with Gasteiger partial charge < -0.3 is 19.9 Å². The Morgan fingerprint density at radius 2 is 2.13 bits per heavy atom. The molecule has 0 spiro atoms. The van der Waals surface area contributed by atoms with Gasteiger partial charge in [-0.15, -0.1) is 11.8 Å². The third-order valence-electron chi connectivity index (χ3n) is 4.64. The maximum Gasteiger partial charge on any atom is 0.321 e. The molecule has 0 radical (unpaired) electrons. The number of hydrogen-bond acceptors (Lipinski definition) is 7. The molecule has 2 aromatic rings. The van der Waals surface area contributed by atoms with Crippen LogP contribution >= 0.6 is 11.8 Å². The summed E-state index contributed by atoms with van der Waals surface area (Å²) in [7, 11) is 3.39. The number of ether oxygens (including phenoxy) is 1. The topological polar surface area (TPSA) is 94.4 Å². The van der Waals surface area contributed by atoms with Gasteiger partial charge in [-0.05, 0) is 31.2 Å². The minimum atomic E-state index is -0.181. The number of nitrogens with one attached hydrogen (secondary N) is 1. The van der Waals surface area contributed by atoms with Crippen molar-refractivity contribution < 1.29 is 9.53 Å². The molecule has 1 aromatic carbocycles. The number of rotatable bonds is 6. The van der Waals surface area contributed by atoms with Crippen LogP contribution in [0.3, 0.4) is 0 Å². The number of aromatic nitrogens is 2. The highest BCUT2D eigenvalue weighted by molar-refractivity contribution is 7.98. The Morgan fingerprint density at radius 3 is 2.80 bits per heavy atom. The van der Waals surface area contributed by atoms with Crippen molar-refractivity contribution in [3.8, 4) is 17.5 Å². The third-order valence-corrected chi connectivity index (χ3v) is 5.48. The first-order valence-electron chi connectivity index (χ1n) is 9.73. The zero-order chi connectivity index (χ0) is 21.5. The molecule has 9 heteroatoms. The van der Waals surface area contributed by atoms with Crippen LogP contribution in [-0.4, -0.2) is 66.5 Å².